The lowest BCUT2D eigenvalue weighted by Gasteiger charge is -2.11. The van der Waals surface area contributed by atoms with Crippen LogP contribution < -0.4 is 11.1 Å². The van der Waals surface area contributed by atoms with Gasteiger partial charge in [0, 0.05) is 18.1 Å². The average Bonchev–Trinajstić information content (AvgIpc) is 2.36. The lowest BCUT2D eigenvalue weighted by atomic mass is 10.1. The SMILES string of the molecule is CC(CCN)CNc1ncc2ccccc2n1. The molecule has 17 heavy (non-hydrogen) atoms. The summed E-state index contributed by atoms with van der Waals surface area (Å²) < 4.78 is 0. The molecule has 0 radical (unpaired) electrons. The van der Waals surface area contributed by atoms with E-state index in [1.807, 2.05) is 30.5 Å². The molecule has 1 aromatic carbocycles. The van der Waals surface area contributed by atoms with E-state index in [0.717, 1.165) is 30.4 Å². The van der Waals surface area contributed by atoms with E-state index in [2.05, 4.69) is 22.2 Å². The van der Waals surface area contributed by atoms with Crippen molar-refractivity contribution in [2.45, 2.75) is 13.3 Å². The topological polar surface area (TPSA) is 63.8 Å². The molecule has 2 rings (SSSR count). The Hall–Kier alpha value is -1.68. The number of nitrogens with one attached hydrogen (secondary N) is 1. The van der Waals surface area contributed by atoms with Crippen molar-refractivity contribution in [3.8, 4) is 0 Å². The molecule has 0 fully saturated rings. The number of nitrogens with two attached hydrogens (primary N) is 1. The molecule has 0 aliphatic heterocycles. The number of aromatic nitrogens is 2. The summed E-state index contributed by atoms with van der Waals surface area (Å²) in [5, 5.41) is 4.31. The summed E-state index contributed by atoms with van der Waals surface area (Å²) in [6.07, 6.45) is 2.86. The molecule has 0 bridgehead atoms. The zero-order chi connectivity index (χ0) is 12.1. The highest BCUT2D eigenvalue weighted by atomic mass is 15.1. The first-order valence-corrected chi connectivity index (χ1v) is 5.95. The number of benzene rings is 1. The van der Waals surface area contributed by atoms with Crippen molar-refractivity contribution in [3.63, 3.8) is 0 Å². The van der Waals surface area contributed by atoms with E-state index >= 15 is 0 Å². The Balaban J connectivity index is 2.04. The number of nitrogens with zero attached hydrogens (tertiary/aromatic N) is 2. The zero-order valence-corrected chi connectivity index (χ0v) is 10.1. The van der Waals surface area contributed by atoms with E-state index in [1.165, 1.54) is 0 Å². The van der Waals surface area contributed by atoms with Crippen LogP contribution in [-0.2, 0) is 0 Å². The van der Waals surface area contributed by atoms with Crippen LogP contribution in [0.4, 0.5) is 5.95 Å². The van der Waals surface area contributed by atoms with Gasteiger partial charge in [0.2, 0.25) is 5.95 Å². The highest BCUT2D eigenvalue weighted by molar-refractivity contribution is 5.78. The predicted octanol–water partition coefficient (Wildman–Crippen LogP) is 2.03. The third-order valence-electron chi connectivity index (χ3n) is 2.76. The van der Waals surface area contributed by atoms with Gasteiger partial charge in [-0.25, -0.2) is 9.97 Å². The normalized spacial score (nSPS) is 12.6. The van der Waals surface area contributed by atoms with E-state index in [0.29, 0.717) is 11.9 Å². The van der Waals surface area contributed by atoms with Gasteiger partial charge in [0.25, 0.3) is 0 Å². The lowest BCUT2D eigenvalue weighted by molar-refractivity contribution is 0.567. The molecule has 2 aromatic rings. The maximum atomic E-state index is 5.51. The van der Waals surface area contributed by atoms with Crippen LogP contribution in [0.25, 0.3) is 10.9 Å². The number of para-hydroxylation sites is 1. The molecule has 1 aromatic heterocycles. The fourth-order valence-corrected chi connectivity index (χ4v) is 1.71. The van der Waals surface area contributed by atoms with Crippen LogP contribution in [0.1, 0.15) is 13.3 Å². The van der Waals surface area contributed by atoms with Crippen molar-refractivity contribution in [1.82, 2.24) is 9.97 Å². The zero-order valence-electron chi connectivity index (χ0n) is 10.1. The molecule has 1 atom stereocenters. The Kier molecular flexibility index (Phi) is 3.88. The minimum atomic E-state index is 0.537. The van der Waals surface area contributed by atoms with Gasteiger partial charge in [0.05, 0.1) is 5.52 Å². The first-order valence-electron chi connectivity index (χ1n) is 5.95. The third-order valence-corrected chi connectivity index (χ3v) is 2.76. The van der Waals surface area contributed by atoms with E-state index in [4.69, 9.17) is 5.73 Å². The summed E-state index contributed by atoms with van der Waals surface area (Å²) >= 11 is 0. The van der Waals surface area contributed by atoms with E-state index < -0.39 is 0 Å². The molecule has 0 spiro atoms. The maximum Gasteiger partial charge on any atom is 0.223 e. The van der Waals surface area contributed by atoms with Gasteiger partial charge in [-0.05, 0) is 24.9 Å². The van der Waals surface area contributed by atoms with Gasteiger partial charge in [-0.3, -0.25) is 0 Å². The second-order valence-corrected chi connectivity index (χ2v) is 4.32. The predicted molar refractivity (Wildman–Crippen MR) is 70.9 cm³/mol. The highest BCUT2D eigenvalue weighted by Gasteiger charge is 2.02. The van der Waals surface area contributed by atoms with Gasteiger partial charge in [0.1, 0.15) is 0 Å². The quantitative estimate of drug-likeness (QED) is 0.825. The highest BCUT2D eigenvalue weighted by Crippen LogP contribution is 2.12. The van der Waals surface area contributed by atoms with E-state index in [9.17, 15) is 0 Å². The summed E-state index contributed by atoms with van der Waals surface area (Å²) in [6, 6.07) is 7.97. The van der Waals surface area contributed by atoms with Gasteiger partial charge in [-0.2, -0.15) is 0 Å². The Labute approximate surface area is 101 Å². The largest absolute Gasteiger partial charge is 0.354 e. The number of hydrogen-bond acceptors (Lipinski definition) is 4. The smallest absolute Gasteiger partial charge is 0.223 e. The molecule has 0 amide bonds. The first-order chi connectivity index (χ1) is 8.29. The average molecular weight is 230 g/mol. The molecule has 1 heterocycles. The van der Waals surface area contributed by atoms with Crippen molar-refractivity contribution in [3.05, 3.63) is 30.5 Å². The Morgan fingerprint density at radius 3 is 3.00 bits per heavy atom. The number of rotatable bonds is 5. The maximum absolute atomic E-state index is 5.51. The molecule has 4 nitrogen and oxygen atoms in total. The van der Waals surface area contributed by atoms with Crippen LogP contribution >= 0.6 is 0 Å². The molecule has 4 heteroatoms. The summed E-state index contributed by atoms with van der Waals surface area (Å²) in [7, 11) is 0. The van der Waals surface area contributed by atoms with Crippen molar-refractivity contribution in [1.29, 1.82) is 0 Å². The molecule has 0 saturated carbocycles. The minimum absolute atomic E-state index is 0.537. The second kappa shape index (κ2) is 5.59. The Bertz CT molecular complexity index is 484. The van der Waals surface area contributed by atoms with Crippen molar-refractivity contribution in [2.24, 2.45) is 11.7 Å². The van der Waals surface area contributed by atoms with Crippen LogP contribution in [0.2, 0.25) is 0 Å². The van der Waals surface area contributed by atoms with Crippen LogP contribution in [0.15, 0.2) is 30.5 Å². The van der Waals surface area contributed by atoms with Crippen LogP contribution in [0.5, 0.6) is 0 Å². The van der Waals surface area contributed by atoms with Crippen molar-refractivity contribution >= 4 is 16.9 Å². The molecule has 0 saturated heterocycles. The summed E-state index contributed by atoms with van der Waals surface area (Å²) in [6.45, 7) is 3.75. The van der Waals surface area contributed by atoms with E-state index in [-0.39, 0.29) is 0 Å². The van der Waals surface area contributed by atoms with Crippen molar-refractivity contribution in [2.75, 3.05) is 18.4 Å². The molecular weight excluding hydrogens is 212 g/mol. The first kappa shape index (κ1) is 11.8. The fraction of sp³-hybridized carbons (Fsp3) is 0.385. The van der Waals surface area contributed by atoms with E-state index in [1.54, 1.807) is 0 Å². The molecule has 90 valence electrons. The molecular formula is C13H18N4. The fourth-order valence-electron chi connectivity index (χ4n) is 1.71. The third kappa shape index (κ3) is 3.14. The molecule has 0 aliphatic rings. The van der Waals surface area contributed by atoms with Gasteiger partial charge in [-0.1, -0.05) is 25.1 Å². The number of anilines is 1. The second-order valence-electron chi connectivity index (χ2n) is 4.32. The number of fused-ring (bicyclic) bond motifs is 1. The lowest BCUT2D eigenvalue weighted by Crippen LogP contribution is -2.16. The molecule has 3 N–H and O–H groups in total. The molecule has 1 unspecified atom stereocenters. The summed E-state index contributed by atoms with van der Waals surface area (Å²) in [5.41, 5.74) is 6.48. The summed E-state index contributed by atoms with van der Waals surface area (Å²) in [4.78, 5) is 8.74. The minimum Gasteiger partial charge on any atom is -0.354 e. The number of hydrogen-bond donors (Lipinski definition) is 2. The summed E-state index contributed by atoms with van der Waals surface area (Å²) in [5.74, 6) is 1.22. The molecule has 0 aliphatic carbocycles. The van der Waals surface area contributed by atoms with Crippen LogP contribution in [-0.4, -0.2) is 23.1 Å². The Morgan fingerprint density at radius 2 is 2.18 bits per heavy atom. The van der Waals surface area contributed by atoms with Gasteiger partial charge >= 0.3 is 0 Å². The van der Waals surface area contributed by atoms with Gasteiger partial charge < -0.3 is 11.1 Å². The monoisotopic (exact) mass is 230 g/mol. The van der Waals surface area contributed by atoms with Crippen LogP contribution in [0.3, 0.4) is 0 Å². The van der Waals surface area contributed by atoms with Gasteiger partial charge in [0.15, 0.2) is 0 Å². The Morgan fingerprint density at radius 1 is 1.35 bits per heavy atom. The van der Waals surface area contributed by atoms with Gasteiger partial charge in [-0.15, -0.1) is 0 Å². The van der Waals surface area contributed by atoms with Crippen LogP contribution in [0, 0.1) is 5.92 Å². The van der Waals surface area contributed by atoms with Crippen molar-refractivity contribution < 1.29 is 0 Å². The standard InChI is InChI=1S/C13H18N4/c1-10(6-7-14)8-15-13-16-9-11-4-2-3-5-12(11)17-13/h2-5,9-10H,6-8,14H2,1H3,(H,15,16,17).